The van der Waals surface area contributed by atoms with Crippen LogP contribution in [0.15, 0.2) is 18.2 Å². The lowest BCUT2D eigenvalue weighted by molar-refractivity contribution is 0.210. The third-order valence-electron chi connectivity index (χ3n) is 4.57. The molecule has 2 aliphatic heterocycles. The number of phenols is 1. The zero-order valence-corrected chi connectivity index (χ0v) is 11.3. The molecule has 19 heavy (non-hydrogen) atoms. The van der Waals surface area contributed by atoms with Crippen LogP contribution in [0.4, 0.5) is 4.39 Å². The molecule has 3 nitrogen and oxygen atoms in total. The average molecular weight is 264 g/mol. The third-order valence-corrected chi connectivity index (χ3v) is 4.57. The van der Waals surface area contributed by atoms with Crippen LogP contribution in [-0.2, 0) is 6.54 Å². The van der Waals surface area contributed by atoms with Gasteiger partial charge in [-0.05, 0) is 49.0 Å². The van der Waals surface area contributed by atoms with E-state index in [1.165, 1.54) is 6.07 Å². The molecule has 1 aromatic rings. The van der Waals surface area contributed by atoms with Crippen molar-refractivity contribution in [3.05, 3.63) is 29.6 Å². The molecule has 1 aromatic carbocycles. The fraction of sp³-hybridized carbons (Fsp3) is 0.600. The zero-order chi connectivity index (χ0) is 13.4. The van der Waals surface area contributed by atoms with Crippen molar-refractivity contribution in [2.45, 2.75) is 25.9 Å². The summed E-state index contributed by atoms with van der Waals surface area (Å²) in [5, 5.41) is 12.9. The minimum atomic E-state index is -0.357. The van der Waals surface area contributed by atoms with Crippen molar-refractivity contribution in [3.63, 3.8) is 0 Å². The van der Waals surface area contributed by atoms with Gasteiger partial charge in [-0.15, -0.1) is 0 Å². The molecule has 0 saturated carbocycles. The molecule has 2 fully saturated rings. The summed E-state index contributed by atoms with van der Waals surface area (Å²) in [6, 6.07) is 4.93. The smallest absolute Gasteiger partial charge is 0.127 e. The highest BCUT2D eigenvalue weighted by Crippen LogP contribution is 2.35. The first-order chi connectivity index (χ1) is 9.17. The molecule has 3 rings (SSSR count). The van der Waals surface area contributed by atoms with Crippen molar-refractivity contribution in [2.75, 3.05) is 19.6 Å². The second-order valence-corrected chi connectivity index (χ2v) is 5.80. The first kappa shape index (κ1) is 12.9. The highest BCUT2D eigenvalue weighted by molar-refractivity contribution is 5.28. The van der Waals surface area contributed by atoms with Crippen molar-refractivity contribution in [2.24, 2.45) is 11.8 Å². The topological polar surface area (TPSA) is 35.5 Å². The molecule has 2 N–H and O–H groups in total. The maximum absolute atomic E-state index is 13.3. The fourth-order valence-corrected chi connectivity index (χ4v) is 3.81. The Bertz CT molecular complexity index is 445. The number of nitrogens with zero attached hydrogens (tertiary/aromatic N) is 1. The van der Waals surface area contributed by atoms with Gasteiger partial charge >= 0.3 is 0 Å². The van der Waals surface area contributed by atoms with Crippen LogP contribution in [0.3, 0.4) is 0 Å². The van der Waals surface area contributed by atoms with Gasteiger partial charge in [0.1, 0.15) is 11.6 Å². The number of rotatable bonds is 3. The Balaban J connectivity index is 1.75. The van der Waals surface area contributed by atoms with Gasteiger partial charge in [-0.2, -0.15) is 0 Å². The second-order valence-electron chi connectivity index (χ2n) is 5.80. The van der Waals surface area contributed by atoms with E-state index in [1.54, 1.807) is 6.07 Å². The summed E-state index contributed by atoms with van der Waals surface area (Å²) in [5.74, 6) is 1.12. The molecule has 3 atom stereocenters. The molecule has 104 valence electrons. The number of phenolic OH excluding ortho intramolecular Hbond substituents is 1. The average Bonchev–Trinajstić information content (AvgIpc) is 2.87. The van der Waals surface area contributed by atoms with Gasteiger partial charge in [0.05, 0.1) is 0 Å². The molecule has 0 amide bonds. The SMILES string of the molecule is CCC1C2CNCC2CN1Cc1cc(O)cc(F)c1. The Kier molecular flexibility index (Phi) is 3.46. The van der Waals surface area contributed by atoms with E-state index in [9.17, 15) is 9.50 Å². The number of fused-ring (bicyclic) bond motifs is 1. The lowest BCUT2D eigenvalue weighted by Gasteiger charge is -2.26. The molecule has 2 heterocycles. The summed E-state index contributed by atoms with van der Waals surface area (Å²) in [6.45, 7) is 6.24. The Labute approximate surface area is 113 Å². The van der Waals surface area contributed by atoms with Crippen LogP contribution >= 0.6 is 0 Å². The van der Waals surface area contributed by atoms with Crippen molar-refractivity contribution >= 4 is 0 Å². The van der Waals surface area contributed by atoms with Crippen molar-refractivity contribution in [1.82, 2.24) is 10.2 Å². The van der Waals surface area contributed by atoms with Crippen LogP contribution in [0, 0.1) is 17.7 Å². The van der Waals surface area contributed by atoms with Gasteiger partial charge in [0, 0.05) is 25.2 Å². The Hall–Kier alpha value is -1.13. The quantitative estimate of drug-likeness (QED) is 0.876. The maximum atomic E-state index is 13.3. The van der Waals surface area contributed by atoms with E-state index in [-0.39, 0.29) is 11.6 Å². The van der Waals surface area contributed by atoms with E-state index < -0.39 is 0 Å². The number of hydrogen-bond donors (Lipinski definition) is 2. The first-order valence-electron chi connectivity index (χ1n) is 7.10. The minimum Gasteiger partial charge on any atom is -0.508 e. The monoisotopic (exact) mass is 264 g/mol. The van der Waals surface area contributed by atoms with Gasteiger partial charge in [0.25, 0.3) is 0 Å². The highest BCUT2D eigenvalue weighted by Gasteiger charge is 2.42. The Morgan fingerprint density at radius 3 is 2.95 bits per heavy atom. The zero-order valence-electron chi connectivity index (χ0n) is 11.3. The number of halogens is 1. The van der Waals surface area contributed by atoms with Crippen molar-refractivity contribution in [3.8, 4) is 5.75 Å². The van der Waals surface area contributed by atoms with Gasteiger partial charge in [0.15, 0.2) is 0 Å². The molecular weight excluding hydrogens is 243 g/mol. The molecule has 2 aliphatic rings. The summed E-state index contributed by atoms with van der Waals surface area (Å²) in [5.41, 5.74) is 0.865. The highest BCUT2D eigenvalue weighted by atomic mass is 19.1. The number of aromatic hydroxyl groups is 1. The van der Waals surface area contributed by atoms with E-state index in [4.69, 9.17) is 0 Å². The van der Waals surface area contributed by atoms with Crippen LogP contribution in [0.1, 0.15) is 18.9 Å². The van der Waals surface area contributed by atoms with Crippen molar-refractivity contribution in [1.29, 1.82) is 0 Å². The van der Waals surface area contributed by atoms with E-state index in [1.807, 2.05) is 0 Å². The van der Waals surface area contributed by atoms with Crippen LogP contribution in [0.5, 0.6) is 5.75 Å². The van der Waals surface area contributed by atoms with Gasteiger partial charge < -0.3 is 10.4 Å². The molecule has 0 bridgehead atoms. The molecule has 0 radical (unpaired) electrons. The summed E-state index contributed by atoms with van der Waals surface area (Å²) < 4.78 is 13.3. The van der Waals surface area contributed by atoms with Gasteiger partial charge in [-0.25, -0.2) is 4.39 Å². The number of benzene rings is 1. The van der Waals surface area contributed by atoms with E-state index in [0.717, 1.165) is 56.1 Å². The van der Waals surface area contributed by atoms with Crippen LogP contribution in [-0.4, -0.2) is 35.7 Å². The summed E-state index contributed by atoms with van der Waals surface area (Å²) >= 11 is 0. The van der Waals surface area contributed by atoms with Crippen LogP contribution in [0.25, 0.3) is 0 Å². The second kappa shape index (κ2) is 5.10. The van der Waals surface area contributed by atoms with E-state index >= 15 is 0 Å². The van der Waals surface area contributed by atoms with Gasteiger partial charge in [0.2, 0.25) is 0 Å². The minimum absolute atomic E-state index is 0.0177. The number of likely N-dealkylation sites (tertiary alicyclic amines) is 1. The lowest BCUT2D eigenvalue weighted by atomic mass is 9.93. The first-order valence-corrected chi connectivity index (χ1v) is 7.10. The van der Waals surface area contributed by atoms with Gasteiger partial charge in [-0.1, -0.05) is 6.92 Å². The fourth-order valence-electron chi connectivity index (χ4n) is 3.81. The van der Waals surface area contributed by atoms with Crippen LogP contribution < -0.4 is 5.32 Å². The molecular formula is C15H21FN2O. The maximum Gasteiger partial charge on any atom is 0.127 e. The van der Waals surface area contributed by atoms with E-state index in [0.29, 0.717) is 6.04 Å². The molecule has 4 heteroatoms. The summed E-state index contributed by atoms with van der Waals surface area (Å²) in [4.78, 5) is 2.45. The largest absolute Gasteiger partial charge is 0.508 e. The Morgan fingerprint density at radius 1 is 1.37 bits per heavy atom. The summed E-state index contributed by atoms with van der Waals surface area (Å²) in [7, 11) is 0. The molecule has 3 unspecified atom stereocenters. The predicted molar refractivity (Wildman–Crippen MR) is 72.4 cm³/mol. The summed E-state index contributed by atoms with van der Waals surface area (Å²) in [6.07, 6.45) is 1.13. The lowest BCUT2D eigenvalue weighted by Crippen LogP contribution is -2.34. The van der Waals surface area contributed by atoms with Gasteiger partial charge in [-0.3, -0.25) is 4.90 Å². The third kappa shape index (κ3) is 2.47. The predicted octanol–water partition coefficient (Wildman–Crippen LogP) is 1.96. The number of nitrogens with one attached hydrogen (secondary N) is 1. The van der Waals surface area contributed by atoms with Crippen molar-refractivity contribution < 1.29 is 9.50 Å². The molecule has 0 aromatic heterocycles. The van der Waals surface area contributed by atoms with E-state index in [2.05, 4.69) is 17.1 Å². The normalized spacial score (nSPS) is 30.7. The molecule has 2 saturated heterocycles. The standard InChI is InChI=1S/C15H21FN2O/c1-2-15-14-7-17-6-11(14)9-18(15)8-10-3-12(16)5-13(19)4-10/h3-5,11,14-15,17,19H,2,6-9H2,1H3. The van der Waals surface area contributed by atoms with Crippen LogP contribution in [0.2, 0.25) is 0 Å². The Morgan fingerprint density at radius 2 is 2.21 bits per heavy atom. The number of hydrogen-bond acceptors (Lipinski definition) is 3. The molecule has 0 spiro atoms. The molecule has 0 aliphatic carbocycles.